The van der Waals surface area contributed by atoms with Crippen LogP contribution in [0.2, 0.25) is 0 Å². The molecule has 1 aromatic rings. The van der Waals surface area contributed by atoms with Crippen LogP contribution in [0.15, 0.2) is 29.3 Å². The molecule has 1 rings (SSSR count). The molecule has 2 N–H and O–H groups in total. The van der Waals surface area contributed by atoms with E-state index in [0.29, 0.717) is 6.04 Å². The Labute approximate surface area is 146 Å². The van der Waals surface area contributed by atoms with Gasteiger partial charge in [0.25, 0.3) is 0 Å². The van der Waals surface area contributed by atoms with Crippen molar-refractivity contribution >= 4 is 17.7 Å². The van der Waals surface area contributed by atoms with Gasteiger partial charge in [-0.25, -0.2) is 0 Å². The number of aliphatic imine (C=N–C) groups is 1. The fraction of sp³-hybridized carbons (Fsp3) is 0.611. The minimum Gasteiger partial charge on any atom is -0.356 e. The monoisotopic (exact) mass is 336 g/mol. The third-order valence-electron chi connectivity index (χ3n) is 3.84. The molecule has 0 heterocycles. The number of benzene rings is 1. The number of hydrogen-bond donors (Lipinski definition) is 2. The first-order valence-electron chi connectivity index (χ1n) is 8.25. The van der Waals surface area contributed by atoms with E-state index < -0.39 is 0 Å². The first-order valence-corrected chi connectivity index (χ1v) is 9.64. The van der Waals surface area contributed by atoms with Crippen LogP contribution in [0.4, 0.5) is 0 Å². The second kappa shape index (κ2) is 11.4. The van der Waals surface area contributed by atoms with E-state index in [9.17, 15) is 0 Å². The summed E-state index contributed by atoms with van der Waals surface area (Å²) in [4.78, 5) is 6.56. The Morgan fingerprint density at radius 3 is 2.43 bits per heavy atom. The molecule has 0 aliphatic heterocycles. The number of likely N-dealkylation sites (N-methyl/N-ethyl adjacent to an activating group) is 1. The van der Waals surface area contributed by atoms with E-state index in [1.807, 2.05) is 18.8 Å². The predicted octanol–water partition coefficient (Wildman–Crippen LogP) is 2.91. The Morgan fingerprint density at radius 2 is 1.87 bits per heavy atom. The van der Waals surface area contributed by atoms with E-state index in [-0.39, 0.29) is 0 Å². The molecule has 0 radical (unpaired) electrons. The zero-order valence-corrected chi connectivity index (χ0v) is 16.0. The van der Waals surface area contributed by atoms with Crippen molar-refractivity contribution in [3.63, 3.8) is 0 Å². The number of nitrogens with zero attached hydrogens (tertiary/aromatic N) is 2. The number of aryl methyl sites for hydroxylation is 1. The Kier molecular flexibility index (Phi) is 9.80. The maximum absolute atomic E-state index is 4.32. The van der Waals surface area contributed by atoms with Gasteiger partial charge in [0.2, 0.25) is 0 Å². The highest BCUT2D eigenvalue weighted by Gasteiger charge is 2.14. The Hall–Kier alpha value is -1.20. The third-order valence-corrected chi connectivity index (χ3v) is 4.54. The molecule has 0 spiro atoms. The van der Waals surface area contributed by atoms with Crippen molar-refractivity contribution in [3.05, 3.63) is 35.4 Å². The van der Waals surface area contributed by atoms with Crippen molar-refractivity contribution in [2.75, 3.05) is 46.2 Å². The van der Waals surface area contributed by atoms with Crippen LogP contribution in [-0.4, -0.2) is 57.1 Å². The fourth-order valence-corrected chi connectivity index (χ4v) is 2.87. The van der Waals surface area contributed by atoms with Crippen molar-refractivity contribution in [2.45, 2.75) is 25.8 Å². The summed E-state index contributed by atoms with van der Waals surface area (Å²) in [6, 6.07) is 9.08. The lowest BCUT2D eigenvalue weighted by molar-refractivity contribution is 0.298. The fourth-order valence-electron chi connectivity index (χ4n) is 2.38. The minimum atomic E-state index is 0.325. The highest BCUT2D eigenvalue weighted by molar-refractivity contribution is 7.98. The number of nitrogens with one attached hydrogen (secondary N) is 2. The Bertz CT molecular complexity index is 457. The topological polar surface area (TPSA) is 39.7 Å². The molecule has 5 heteroatoms. The second-order valence-electron chi connectivity index (χ2n) is 5.97. The normalized spacial score (nSPS) is 13.2. The van der Waals surface area contributed by atoms with Crippen LogP contribution in [0.3, 0.4) is 0 Å². The van der Waals surface area contributed by atoms with Gasteiger partial charge >= 0.3 is 0 Å². The standard InChI is InChI=1S/C18H32N4S/c1-15-8-10-16(11-9-15)17(22(3)4)14-21-18(19-2)20-12-6-7-13-23-5/h8-11,17H,6-7,12-14H2,1-5H3,(H2,19,20,21). The van der Waals surface area contributed by atoms with Crippen LogP contribution in [-0.2, 0) is 0 Å². The van der Waals surface area contributed by atoms with Gasteiger partial charge in [-0.15, -0.1) is 0 Å². The van der Waals surface area contributed by atoms with Crippen molar-refractivity contribution in [2.24, 2.45) is 4.99 Å². The van der Waals surface area contributed by atoms with Gasteiger partial charge in [-0.05, 0) is 51.4 Å². The van der Waals surface area contributed by atoms with E-state index in [0.717, 1.165) is 19.0 Å². The lowest BCUT2D eigenvalue weighted by Crippen LogP contribution is -2.42. The van der Waals surface area contributed by atoms with Crippen LogP contribution in [0.5, 0.6) is 0 Å². The third kappa shape index (κ3) is 7.75. The van der Waals surface area contributed by atoms with Crippen molar-refractivity contribution in [1.29, 1.82) is 0 Å². The zero-order chi connectivity index (χ0) is 17.1. The molecular weight excluding hydrogens is 304 g/mol. The van der Waals surface area contributed by atoms with Gasteiger partial charge in [-0.1, -0.05) is 29.8 Å². The van der Waals surface area contributed by atoms with Crippen LogP contribution >= 0.6 is 11.8 Å². The summed E-state index contributed by atoms with van der Waals surface area (Å²) in [5, 5.41) is 6.84. The molecule has 0 fully saturated rings. The van der Waals surface area contributed by atoms with Crippen LogP contribution < -0.4 is 10.6 Å². The number of hydrogen-bond acceptors (Lipinski definition) is 3. The largest absolute Gasteiger partial charge is 0.356 e. The van der Waals surface area contributed by atoms with E-state index >= 15 is 0 Å². The van der Waals surface area contributed by atoms with Gasteiger partial charge in [0.05, 0.1) is 6.04 Å². The average molecular weight is 337 g/mol. The van der Waals surface area contributed by atoms with Gasteiger partial charge in [-0.3, -0.25) is 4.99 Å². The van der Waals surface area contributed by atoms with Gasteiger partial charge < -0.3 is 15.5 Å². The molecule has 0 aliphatic rings. The SMILES string of the molecule is CN=C(NCCCCSC)NCC(c1ccc(C)cc1)N(C)C. The highest BCUT2D eigenvalue weighted by atomic mass is 32.2. The summed E-state index contributed by atoms with van der Waals surface area (Å²) in [5.74, 6) is 2.11. The molecule has 1 atom stereocenters. The Balaban J connectivity index is 2.48. The minimum absolute atomic E-state index is 0.325. The van der Waals surface area contributed by atoms with Crippen molar-refractivity contribution < 1.29 is 0 Å². The number of guanidine groups is 1. The number of rotatable bonds is 9. The summed E-state index contributed by atoms with van der Waals surface area (Å²) in [6.45, 7) is 3.92. The zero-order valence-electron chi connectivity index (χ0n) is 15.2. The molecule has 4 nitrogen and oxygen atoms in total. The maximum Gasteiger partial charge on any atom is 0.191 e. The average Bonchev–Trinajstić information content (AvgIpc) is 2.54. The summed E-state index contributed by atoms with van der Waals surface area (Å²) >= 11 is 1.90. The summed E-state index contributed by atoms with van der Waals surface area (Å²) in [7, 11) is 6.06. The molecule has 0 saturated heterocycles. The molecule has 0 bridgehead atoms. The molecule has 1 aromatic carbocycles. The first-order chi connectivity index (χ1) is 11.1. The molecule has 0 aliphatic carbocycles. The quantitative estimate of drug-likeness (QED) is 0.413. The van der Waals surface area contributed by atoms with E-state index in [4.69, 9.17) is 0 Å². The maximum atomic E-state index is 4.32. The number of unbranched alkanes of at least 4 members (excludes halogenated alkanes) is 1. The van der Waals surface area contributed by atoms with Crippen LogP contribution in [0, 0.1) is 6.92 Å². The molecule has 23 heavy (non-hydrogen) atoms. The molecule has 0 aromatic heterocycles. The lowest BCUT2D eigenvalue weighted by atomic mass is 10.0. The molecule has 130 valence electrons. The molecular formula is C18H32N4S. The van der Waals surface area contributed by atoms with Gasteiger partial charge in [0, 0.05) is 20.1 Å². The highest BCUT2D eigenvalue weighted by Crippen LogP contribution is 2.17. The van der Waals surface area contributed by atoms with Gasteiger partial charge in [-0.2, -0.15) is 11.8 Å². The molecule has 0 saturated carbocycles. The van der Waals surface area contributed by atoms with Crippen LogP contribution in [0.1, 0.15) is 30.0 Å². The summed E-state index contributed by atoms with van der Waals surface area (Å²) in [6.07, 6.45) is 4.58. The Morgan fingerprint density at radius 1 is 1.17 bits per heavy atom. The van der Waals surface area contributed by atoms with Crippen molar-refractivity contribution in [3.8, 4) is 0 Å². The lowest BCUT2D eigenvalue weighted by Gasteiger charge is -2.26. The van der Waals surface area contributed by atoms with Gasteiger partial charge in [0.1, 0.15) is 0 Å². The van der Waals surface area contributed by atoms with Crippen LogP contribution in [0.25, 0.3) is 0 Å². The van der Waals surface area contributed by atoms with Crippen molar-refractivity contribution in [1.82, 2.24) is 15.5 Å². The van der Waals surface area contributed by atoms with E-state index in [1.165, 1.54) is 29.7 Å². The predicted molar refractivity (Wildman–Crippen MR) is 105 cm³/mol. The molecule has 0 amide bonds. The van der Waals surface area contributed by atoms with E-state index in [2.05, 4.69) is 72.1 Å². The van der Waals surface area contributed by atoms with E-state index in [1.54, 1.807) is 0 Å². The summed E-state index contributed by atoms with van der Waals surface area (Å²) in [5.41, 5.74) is 2.62. The summed E-state index contributed by atoms with van der Waals surface area (Å²) < 4.78 is 0. The van der Waals surface area contributed by atoms with Gasteiger partial charge in [0.15, 0.2) is 5.96 Å². The first kappa shape index (κ1) is 19.8. The number of thioether (sulfide) groups is 1. The molecule has 1 unspecified atom stereocenters. The smallest absolute Gasteiger partial charge is 0.191 e. The second-order valence-corrected chi connectivity index (χ2v) is 6.96.